The van der Waals surface area contributed by atoms with Gasteiger partial charge in [0.1, 0.15) is 10.6 Å². The third-order valence-corrected chi connectivity index (χ3v) is 5.23. The van der Waals surface area contributed by atoms with E-state index in [0.717, 1.165) is 18.4 Å². The van der Waals surface area contributed by atoms with Crippen molar-refractivity contribution < 1.29 is 19.1 Å². The van der Waals surface area contributed by atoms with Crippen molar-refractivity contribution >= 4 is 34.1 Å². The van der Waals surface area contributed by atoms with Crippen molar-refractivity contribution in [3.8, 4) is 11.1 Å². The maximum Gasteiger partial charge on any atom is 0.342 e. The Bertz CT molecular complexity index is 856. The number of esters is 1. The maximum atomic E-state index is 12.9. The molecule has 0 unspecified atom stereocenters. The molecule has 1 aliphatic rings. The highest BCUT2D eigenvalue weighted by molar-refractivity contribution is 7.15. The van der Waals surface area contributed by atoms with Crippen LogP contribution in [0.15, 0.2) is 35.7 Å². The number of anilines is 1. The minimum Gasteiger partial charge on any atom is -0.449 e. The number of rotatable bonds is 6. The second-order valence-corrected chi connectivity index (χ2v) is 7.64. The highest BCUT2D eigenvalue weighted by atomic mass is 32.1. The molecular weight excluding hydrogens is 364 g/mol. The van der Waals surface area contributed by atoms with Gasteiger partial charge in [-0.2, -0.15) is 0 Å². The van der Waals surface area contributed by atoms with Crippen molar-refractivity contribution in [1.82, 2.24) is 4.90 Å². The average molecular weight is 386 g/mol. The number of nitrogens with zero attached hydrogens (tertiary/aromatic N) is 1. The summed E-state index contributed by atoms with van der Waals surface area (Å²) in [5.74, 6) is -0.986. The number of hydrogen-bond donors (Lipinski definition) is 1. The van der Waals surface area contributed by atoms with E-state index in [9.17, 15) is 14.4 Å². The van der Waals surface area contributed by atoms with Crippen LogP contribution < -0.4 is 5.32 Å². The van der Waals surface area contributed by atoms with Crippen LogP contribution >= 0.6 is 11.3 Å². The molecular formula is C20H22N2O4S. The van der Waals surface area contributed by atoms with E-state index in [1.54, 1.807) is 14.1 Å². The molecule has 3 rings (SSSR count). The van der Waals surface area contributed by atoms with E-state index < -0.39 is 12.1 Å². The van der Waals surface area contributed by atoms with Crippen LogP contribution in [0.25, 0.3) is 11.1 Å². The van der Waals surface area contributed by atoms with Gasteiger partial charge in [-0.3, -0.25) is 9.59 Å². The zero-order valence-electron chi connectivity index (χ0n) is 15.5. The van der Waals surface area contributed by atoms with Gasteiger partial charge in [-0.25, -0.2) is 4.79 Å². The van der Waals surface area contributed by atoms with Gasteiger partial charge in [0, 0.05) is 31.0 Å². The van der Waals surface area contributed by atoms with E-state index in [1.807, 2.05) is 35.7 Å². The van der Waals surface area contributed by atoms with Crippen molar-refractivity contribution in [3.63, 3.8) is 0 Å². The summed E-state index contributed by atoms with van der Waals surface area (Å²) in [5, 5.41) is 5.14. The van der Waals surface area contributed by atoms with Crippen molar-refractivity contribution in [2.24, 2.45) is 5.92 Å². The number of hydrogen-bond acceptors (Lipinski definition) is 5. The fraction of sp³-hybridized carbons (Fsp3) is 0.350. The first-order chi connectivity index (χ1) is 12.9. The zero-order valence-corrected chi connectivity index (χ0v) is 16.3. The van der Waals surface area contributed by atoms with Crippen LogP contribution in [0.2, 0.25) is 0 Å². The second-order valence-electron chi connectivity index (χ2n) is 6.76. The summed E-state index contributed by atoms with van der Waals surface area (Å²) in [6.45, 7) is 1.54. The van der Waals surface area contributed by atoms with E-state index >= 15 is 0 Å². The highest BCUT2D eigenvalue weighted by Gasteiger charge is 2.32. The SMILES string of the molecule is C[C@@H](OC(=O)c1c(-c2ccccc2)csc1NC(=O)C1CC1)C(=O)N(C)C. The van der Waals surface area contributed by atoms with Crippen molar-refractivity contribution in [3.05, 3.63) is 41.3 Å². The third kappa shape index (κ3) is 4.36. The summed E-state index contributed by atoms with van der Waals surface area (Å²) >= 11 is 1.29. The van der Waals surface area contributed by atoms with Gasteiger partial charge >= 0.3 is 5.97 Å². The first-order valence-corrected chi connectivity index (χ1v) is 9.66. The summed E-state index contributed by atoms with van der Waals surface area (Å²) < 4.78 is 5.40. The van der Waals surface area contributed by atoms with Gasteiger partial charge in [-0.05, 0) is 25.3 Å². The highest BCUT2D eigenvalue weighted by Crippen LogP contribution is 2.38. The molecule has 1 aliphatic carbocycles. The summed E-state index contributed by atoms with van der Waals surface area (Å²) in [6.07, 6.45) is 0.830. The monoisotopic (exact) mass is 386 g/mol. The number of carbonyl (C=O) groups excluding carboxylic acids is 3. The predicted molar refractivity (Wildman–Crippen MR) is 105 cm³/mol. The van der Waals surface area contributed by atoms with Gasteiger partial charge in [0.05, 0.1) is 0 Å². The number of carbonyl (C=O) groups is 3. The third-order valence-electron chi connectivity index (χ3n) is 4.34. The van der Waals surface area contributed by atoms with Crippen molar-refractivity contribution in [2.75, 3.05) is 19.4 Å². The van der Waals surface area contributed by atoms with Crippen LogP contribution in [0.3, 0.4) is 0 Å². The molecule has 2 aromatic rings. The molecule has 1 atom stereocenters. The predicted octanol–water partition coefficient (Wildman–Crippen LogP) is 3.40. The Hall–Kier alpha value is -2.67. The fourth-order valence-corrected chi connectivity index (χ4v) is 3.64. The Kier molecular flexibility index (Phi) is 5.60. The van der Waals surface area contributed by atoms with Gasteiger partial charge in [0.2, 0.25) is 5.91 Å². The Balaban J connectivity index is 1.91. The van der Waals surface area contributed by atoms with Gasteiger partial charge in [-0.1, -0.05) is 30.3 Å². The zero-order chi connectivity index (χ0) is 19.6. The number of nitrogens with one attached hydrogen (secondary N) is 1. The standard InChI is InChI=1S/C20H22N2O4S/c1-12(19(24)22(2)3)26-20(25)16-15(13-7-5-4-6-8-13)11-27-18(16)21-17(23)14-9-10-14/h4-8,11-12,14H,9-10H2,1-3H3,(H,21,23)/t12-/m1/s1. The van der Waals surface area contributed by atoms with Gasteiger partial charge in [0.25, 0.3) is 5.91 Å². The molecule has 0 bridgehead atoms. The molecule has 1 heterocycles. The number of thiophene rings is 1. The lowest BCUT2D eigenvalue weighted by Crippen LogP contribution is -2.35. The minimum atomic E-state index is -0.914. The van der Waals surface area contributed by atoms with E-state index in [1.165, 1.54) is 23.2 Å². The molecule has 1 N–H and O–H groups in total. The molecule has 6 nitrogen and oxygen atoms in total. The topological polar surface area (TPSA) is 75.7 Å². The molecule has 2 amide bonds. The van der Waals surface area contributed by atoms with Crippen LogP contribution in [-0.4, -0.2) is 42.9 Å². The molecule has 142 valence electrons. The normalized spacial score (nSPS) is 14.3. The molecule has 0 radical (unpaired) electrons. The molecule has 0 spiro atoms. The minimum absolute atomic E-state index is 0.0189. The van der Waals surface area contributed by atoms with Crippen LogP contribution in [0.1, 0.15) is 30.1 Å². The molecule has 1 fully saturated rings. The van der Waals surface area contributed by atoms with Crippen molar-refractivity contribution in [2.45, 2.75) is 25.9 Å². The number of amides is 2. The van der Waals surface area contributed by atoms with E-state index in [-0.39, 0.29) is 17.7 Å². The Morgan fingerprint density at radius 2 is 1.85 bits per heavy atom. The largest absolute Gasteiger partial charge is 0.449 e. The molecule has 1 aromatic heterocycles. The van der Waals surface area contributed by atoms with Crippen LogP contribution in [0.5, 0.6) is 0 Å². The lowest BCUT2D eigenvalue weighted by molar-refractivity contribution is -0.137. The molecule has 0 saturated heterocycles. The van der Waals surface area contributed by atoms with E-state index in [2.05, 4.69) is 5.32 Å². The van der Waals surface area contributed by atoms with Gasteiger partial charge in [0.15, 0.2) is 6.10 Å². The van der Waals surface area contributed by atoms with E-state index in [4.69, 9.17) is 4.74 Å². The Labute approximate surface area is 162 Å². The second kappa shape index (κ2) is 7.92. The number of ether oxygens (including phenoxy) is 1. The fourth-order valence-electron chi connectivity index (χ4n) is 2.68. The number of benzene rings is 1. The first kappa shape index (κ1) is 19.1. The van der Waals surface area contributed by atoms with Crippen molar-refractivity contribution in [1.29, 1.82) is 0 Å². The summed E-state index contributed by atoms with van der Waals surface area (Å²) in [5.41, 5.74) is 1.82. The smallest absolute Gasteiger partial charge is 0.342 e. The van der Waals surface area contributed by atoms with Gasteiger partial charge in [-0.15, -0.1) is 11.3 Å². The quantitative estimate of drug-likeness (QED) is 0.772. The average Bonchev–Trinajstić information content (AvgIpc) is 3.42. The molecule has 27 heavy (non-hydrogen) atoms. The Morgan fingerprint density at radius 3 is 2.44 bits per heavy atom. The summed E-state index contributed by atoms with van der Waals surface area (Å²) in [6, 6.07) is 9.42. The maximum absolute atomic E-state index is 12.9. The molecule has 1 saturated carbocycles. The van der Waals surface area contributed by atoms with E-state index in [0.29, 0.717) is 16.1 Å². The number of likely N-dealkylation sites (N-methyl/N-ethyl adjacent to an activating group) is 1. The van der Waals surface area contributed by atoms with Crippen LogP contribution in [0.4, 0.5) is 5.00 Å². The van der Waals surface area contributed by atoms with Gasteiger partial charge < -0.3 is 15.0 Å². The lowest BCUT2D eigenvalue weighted by atomic mass is 10.0. The lowest BCUT2D eigenvalue weighted by Gasteiger charge is -2.18. The summed E-state index contributed by atoms with van der Waals surface area (Å²) in [7, 11) is 3.21. The molecule has 7 heteroatoms. The van der Waals surface area contributed by atoms with Crippen LogP contribution in [-0.2, 0) is 14.3 Å². The molecule has 1 aromatic carbocycles. The molecule has 0 aliphatic heterocycles. The first-order valence-electron chi connectivity index (χ1n) is 8.78. The van der Waals surface area contributed by atoms with Crippen LogP contribution in [0, 0.1) is 5.92 Å². The summed E-state index contributed by atoms with van der Waals surface area (Å²) in [4.78, 5) is 38.5. The Morgan fingerprint density at radius 1 is 1.19 bits per heavy atom.